The van der Waals surface area contributed by atoms with Crippen LogP contribution in [0.2, 0.25) is 0 Å². The Morgan fingerprint density at radius 3 is 2.29 bits per heavy atom. The molecule has 3 rings (SSSR count). The zero-order chi connectivity index (χ0) is 20.4. The second kappa shape index (κ2) is 8.58. The lowest BCUT2D eigenvalue weighted by atomic mass is 10.2. The molecule has 0 N–H and O–H groups in total. The average Bonchev–Trinajstić information content (AvgIpc) is 3.09. The van der Waals surface area contributed by atoms with Gasteiger partial charge in [-0.2, -0.15) is 0 Å². The van der Waals surface area contributed by atoms with Crippen molar-refractivity contribution in [3.8, 4) is 0 Å². The number of hydrogen-bond donors (Lipinski definition) is 0. The molecule has 3 aliphatic heterocycles. The number of amides is 4. The molecule has 1 unspecified atom stereocenters. The summed E-state index contributed by atoms with van der Waals surface area (Å²) in [5.74, 6) is -3.27. The first-order valence-corrected chi connectivity index (χ1v) is 10.0. The third-order valence-corrected chi connectivity index (χ3v) is 5.70. The molecule has 4 amide bonds. The highest BCUT2D eigenvalue weighted by Crippen LogP contribution is 2.29. The maximum absolute atomic E-state index is 12.4. The highest BCUT2D eigenvalue weighted by Gasteiger charge is 2.42. The van der Waals surface area contributed by atoms with E-state index in [0.717, 1.165) is 4.90 Å². The topological polar surface area (TPSA) is 120 Å². The lowest BCUT2D eigenvalue weighted by molar-refractivity contribution is -0.229. The number of imide groups is 2. The van der Waals surface area contributed by atoms with E-state index in [4.69, 9.17) is 14.3 Å². The van der Waals surface area contributed by atoms with Crippen LogP contribution < -0.4 is 0 Å². The van der Waals surface area contributed by atoms with E-state index in [2.05, 4.69) is 0 Å². The minimum atomic E-state index is -0.838. The summed E-state index contributed by atoms with van der Waals surface area (Å²) < 4.78 is 10.9. The number of nitrogens with zero attached hydrogens (tertiary/aromatic N) is 2. The molecule has 3 fully saturated rings. The SMILES string of the molecule is CC(C)SC1CC(=O)N(CC2OCC(C(=O)ON3C(=O)CCC3=O)CO2)C1=O. The summed E-state index contributed by atoms with van der Waals surface area (Å²) in [4.78, 5) is 65.6. The largest absolute Gasteiger partial charge is 0.350 e. The van der Waals surface area contributed by atoms with Crippen molar-refractivity contribution in [3.05, 3.63) is 0 Å². The van der Waals surface area contributed by atoms with E-state index < -0.39 is 35.2 Å². The van der Waals surface area contributed by atoms with Crippen LogP contribution in [0.25, 0.3) is 0 Å². The minimum absolute atomic E-state index is 0.0137. The molecular weight excluding hydrogens is 392 g/mol. The van der Waals surface area contributed by atoms with Crippen molar-refractivity contribution < 1.29 is 38.3 Å². The van der Waals surface area contributed by atoms with Crippen LogP contribution in [0.1, 0.15) is 33.1 Å². The van der Waals surface area contributed by atoms with Crippen LogP contribution in [-0.2, 0) is 38.3 Å². The van der Waals surface area contributed by atoms with Crippen molar-refractivity contribution in [2.45, 2.75) is 49.9 Å². The molecule has 28 heavy (non-hydrogen) atoms. The molecule has 1 atom stereocenters. The number of thioether (sulfide) groups is 1. The summed E-state index contributed by atoms with van der Waals surface area (Å²) in [5.41, 5.74) is 0. The number of hydroxylamine groups is 2. The highest BCUT2D eigenvalue weighted by atomic mass is 32.2. The van der Waals surface area contributed by atoms with Gasteiger partial charge in [0.25, 0.3) is 11.8 Å². The Morgan fingerprint density at radius 2 is 1.71 bits per heavy atom. The van der Waals surface area contributed by atoms with E-state index in [0.29, 0.717) is 5.06 Å². The quantitative estimate of drug-likeness (QED) is 0.547. The molecule has 10 nitrogen and oxygen atoms in total. The van der Waals surface area contributed by atoms with Gasteiger partial charge in [0, 0.05) is 19.3 Å². The van der Waals surface area contributed by atoms with Crippen molar-refractivity contribution >= 4 is 41.4 Å². The number of ether oxygens (including phenoxy) is 2. The zero-order valence-corrected chi connectivity index (χ0v) is 16.4. The van der Waals surface area contributed by atoms with E-state index in [1.807, 2.05) is 13.8 Å². The molecule has 3 saturated heterocycles. The highest BCUT2D eigenvalue weighted by molar-refractivity contribution is 8.01. The van der Waals surface area contributed by atoms with Crippen LogP contribution in [0.5, 0.6) is 0 Å². The summed E-state index contributed by atoms with van der Waals surface area (Å²) in [6.07, 6.45) is -0.657. The standard InChI is InChI=1S/C17H22N2O8S/c1-9(2)28-11-5-14(22)18(16(11)23)6-15-25-7-10(8-26-15)17(24)27-19-12(20)3-4-13(19)21/h9-11,15H,3-8H2,1-2H3. The minimum Gasteiger partial charge on any atom is -0.350 e. The molecule has 3 heterocycles. The molecular formula is C17H22N2O8S. The number of carbonyl (C=O) groups is 5. The monoisotopic (exact) mass is 414 g/mol. The van der Waals surface area contributed by atoms with Crippen LogP contribution in [0.3, 0.4) is 0 Å². The molecule has 0 aromatic carbocycles. The van der Waals surface area contributed by atoms with Gasteiger partial charge in [-0.1, -0.05) is 13.8 Å². The van der Waals surface area contributed by atoms with E-state index in [-0.39, 0.29) is 56.1 Å². The van der Waals surface area contributed by atoms with Gasteiger partial charge >= 0.3 is 5.97 Å². The Hall–Kier alpha value is -1.98. The first-order valence-electron chi connectivity index (χ1n) is 9.06. The number of carbonyl (C=O) groups excluding carboxylic acids is 5. The fourth-order valence-corrected chi connectivity index (χ4v) is 4.18. The molecule has 0 saturated carbocycles. The van der Waals surface area contributed by atoms with Gasteiger partial charge in [0.05, 0.1) is 25.0 Å². The fourth-order valence-electron chi connectivity index (χ4n) is 3.04. The second-order valence-corrected chi connectivity index (χ2v) is 8.79. The van der Waals surface area contributed by atoms with E-state index in [9.17, 15) is 24.0 Å². The Balaban J connectivity index is 1.47. The van der Waals surface area contributed by atoms with Gasteiger partial charge in [0.1, 0.15) is 5.92 Å². The van der Waals surface area contributed by atoms with Gasteiger partial charge in [-0.15, -0.1) is 16.8 Å². The van der Waals surface area contributed by atoms with Gasteiger partial charge in [0.2, 0.25) is 11.8 Å². The van der Waals surface area contributed by atoms with Gasteiger partial charge in [-0.25, -0.2) is 4.79 Å². The number of likely N-dealkylation sites (tertiary alicyclic amines) is 1. The smallest absolute Gasteiger partial charge is 0.340 e. The maximum Gasteiger partial charge on any atom is 0.340 e. The maximum atomic E-state index is 12.4. The Bertz CT molecular complexity index is 673. The summed E-state index contributed by atoms with van der Waals surface area (Å²) in [6.45, 7) is 3.74. The predicted octanol–water partition coefficient (Wildman–Crippen LogP) is -0.148. The van der Waals surface area contributed by atoms with Crippen LogP contribution in [-0.4, -0.2) is 76.1 Å². The van der Waals surface area contributed by atoms with Crippen molar-refractivity contribution in [1.82, 2.24) is 9.96 Å². The molecule has 3 aliphatic rings. The molecule has 154 valence electrons. The van der Waals surface area contributed by atoms with Crippen molar-refractivity contribution in [2.24, 2.45) is 5.92 Å². The Morgan fingerprint density at radius 1 is 1.11 bits per heavy atom. The Kier molecular flexibility index (Phi) is 6.36. The van der Waals surface area contributed by atoms with Gasteiger partial charge in [-0.05, 0) is 5.25 Å². The van der Waals surface area contributed by atoms with Crippen LogP contribution in [0.4, 0.5) is 0 Å². The molecule has 11 heteroatoms. The summed E-state index contributed by atoms with van der Waals surface area (Å²) >= 11 is 1.44. The molecule has 0 spiro atoms. The summed E-state index contributed by atoms with van der Waals surface area (Å²) in [6, 6.07) is 0. The van der Waals surface area contributed by atoms with Crippen LogP contribution in [0, 0.1) is 5.92 Å². The van der Waals surface area contributed by atoms with Crippen molar-refractivity contribution in [1.29, 1.82) is 0 Å². The van der Waals surface area contributed by atoms with E-state index in [1.54, 1.807) is 0 Å². The second-order valence-electron chi connectivity index (χ2n) is 7.01. The average molecular weight is 414 g/mol. The molecule has 0 aromatic heterocycles. The molecule has 0 aliphatic carbocycles. The first-order chi connectivity index (χ1) is 13.3. The van der Waals surface area contributed by atoms with E-state index >= 15 is 0 Å². The van der Waals surface area contributed by atoms with Crippen molar-refractivity contribution in [3.63, 3.8) is 0 Å². The van der Waals surface area contributed by atoms with Crippen LogP contribution in [0.15, 0.2) is 0 Å². The van der Waals surface area contributed by atoms with Gasteiger partial charge < -0.3 is 14.3 Å². The zero-order valence-electron chi connectivity index (χ0n) is 15.6. The van der Waals surface area contributed by atoms with Crippen molar-refractivity contribution in [2.75, 3.05) is 19.8 Å². The molecule has 0 aromatic rings. The lowest BCUT2D eigenvalue weighted by Crippen LogP contribution is -2.46. The van der Waals surface area contributed by atoms with E-state index in [1.165, 1.54) is 11.8 Å². The Labute approximate surface area is 165 Å². The predicted molar refractivity (Wildman–Crippen MR) is 94.2 cm³/mol. The first kappa shape index (κ1) is 20.7. The third kappa shape index (κ3) is 4.53. The van der Waals surface area contributed by atoms with Crippen LogP contribution >= 0.6 is 11.8 Å². The third-order valence-electron chi connectivity index (χ3n) is 4.46. The normalized spacial score (nSPS) is 28.6. The molecule has 0 bridgehead atoms. The van der Waals surface area contributed by atoms with Gasteiger partial charge in [-0.3, -0.25) is 24.1 Å². The number of rotatable bonds is 6. The molecule has 0 radical (unpaired) electrons. The fraction of sp³-hybridized carbons (Fsp3) is 0.706. The van der Waals surface area contributed by atoms with Gasteiger partial charge in [0.15, 0.2) is 6.29 Å². The summed E-state index contributed by atoms with van der Waals surface area (Å²) in [7, 11) is 0. The number of hydrogen-bond acceptors (Lipinski definition) is 9. The lowest BCUT2D eigenvalue weighted by Gasteiger charge is -2.30. The summed E-state index contributed by atoms with van der Waals surface area (Å²) in [5, 5.41) is 0.307.